The smallest absolute Gasteiger partial charge is 0.0799 e. The molecule has 0 aromatic heterocycles. The molecule has 1 rings (SSSR count). The van der Waals surface area contributed by atoms with Crippen LogP contribution in [-0.4, -0.2) is 19.3 Å². The first-order valence-corrected chi connectivity index (χ1v) is 4.90. The Morgan fingerprint density at radius 2 is 1.91 bits per heavy atom. The van der Waals surface area contributed by atoms with E-state index in [0.29, 0.717) is 0 Å². The zero-order valence-electron chi connectivity index (χ0n) is 6.49. The summed E-state index contributed by atoms with van der Waals surface area (Å²) in [5, 5.41) is 0. The molecular weight excluding hydrogens is 151 g/mol. The van der Waals surface area contributed by atoms with Crippen LogP contribution in [0.15, 0.2) is 30.3 Å². The molecule has 0 fully saturated rings. The van der Waals surface area contributed by atoms with Gasteiger partial charge in [0.05, 0.1) is 7.85 Å². The normalized spacial score (nSPS) is 9.82. The summed E-state index contributed by atoms with van der Waals surface area (Å²) in [7, 11) is 5.36. The molecule has 0 aliphatic carbocycles. The summed E-state index contributed by atoms with van der Waals surface area (Å²) in [5.74, 6) is 1.13. The third-order valence-corrected chi connectivity index (χ3v) is 2.22. The Labute approximate surface area is 73.8 Å². The molecule has 1 aromatic rings. The van der Waals surface area contributed by atoms with Crippen LogP contribution in [0.3, 0.4) is 0 Å². The Morgan fingerprint density at radius 3 is 2.55 bits per heavy atom. The molecule has 0 saturated carbocycles. The number of hydrogen-bond donors (Lipinski definition) is 0. The van der Waals surface area contributed by atoms with Crippen molar-refractivity contribution in [2.75, 3.05) is 11.4 Å². The van der Waals surface area contributed by atoms with E-state index in [2.05, 4.69) is 24.3 Å². The molecule has 0 spiro atoms. The first-order chi connectivity index (χ1) is 5.43. The highest BCUT2D eigenvalue weighted by molar-refractivity contribution is 8.00. The second-order valence-corrected chi connectivity index (χ2v) is 3.46. The van der Waals surface area contributed by atoms with Gasteiger partial charge < -0.3 is 0 Å². The molecule has 0 bridgehead atoms. The van der Waals surface area contributed by atoms with Crippen molar-refractivity contribution in [2.45, 2.75) is 6.42 Å². The van der Waals surface area contributed by atoms with Crippen molar-refractivity contribution in [3.05, 3.63) is 35.9 Å². The molecule has 0 aliphatic heterocycles. The van der Waals surface area contributed by atoms with E-state index in [1.54, 1.807) is 11.8 Å². The summed E-state index contributed by atoms with van der Waals surface area (Å²) in [6.07, 6.45) is 1.13. The van der Waals surface area contributed by atoms with Gasteiger partial charge in [-0.3, -0.25) is 0 Å². The number of rotatable bonds is 4. The van der Waals surface area contributed by atoms with Crippen LogP contribution in [0, 0.1) is 0 Å². The lowest BCUT2D eigenvalue weighted by molar-refractivity contribution is 1.16. The van der Waals surface area contributed by atoms with E-state index >= 15 is 0 Å². The van der Waals surface area contributed by atoms with Crippen molar-refractivity contribution >= 4 is 19.6 Å². The highest BCUT2D eigenvalue weighted by Crippen LogP contribution is 2.04. The maximum atomic E-state index is 5.36. The lowest BCUT2D eigenvalue weighted by Gasteiger charge is -1.98. The van der Waals surface area contributed by atoms with Gasteiger partial charge in [-0.05, 0) is 23.4 Å². The van der Waals surface area contributed by atoms with E-state index < -0.39 is 0 Å². The van der Waals surface area contributed by atoms with Crippen LogP contribution in [-0.2, 0) is 6.42 Å². The van der Waals surface area contributed by atoms with E-state index in [1.807, 2.05) is 6.07 Å². The van der Waals surface area contributed by atoms with Gasteiger partial charge in [0.15, 0.2) is 0 Å². The van der Waals surface area contributed by atoms with Crippen molar-refractivity contribution in [3.8, 4) is 0 Å². The van der Waals surface area contributed by atoms with E-state index in [-0.39, 0.29) is 0 Å². The SMILES string of the molecule is [B]CSCCc1ccccc1. The minimum absolute atomic E-state index is 0.729. The van der Waals surface area contributed by atoms with Crippen LogP contribution < -0.4 is 0 Å². The molecule has 1 aromatic carbocycles. The largest absolute Gasteiger partial charge is 0.171 e. The predicted octanol–water partition coefficient (Wildman–Crippen LogP) is 2.09. The fourth-order valence-corrected chi connectivity index (χ4v) is 1.46. The van der Waals surface area contributed by atoms with Gasteiger partial charge in [-0.25, -0.2) is 0 Å². The van der Waals surface area contributed by atoms with Crippen molar-refractivity contribution in [2.24, 2.45) is 0 Å². The van der Waals surface area contributed by atoms with Gasteiger partial charge in [0.25, 0.3) is 0 Å². The molecule has 2 radical (unpaired) electrons. The summed E-state index contributed by atoms with van der Waals surface area (Å²) < 4.78 is 0. The summed E-state index contributed by atoms with van der Waals surface area (Å²) in [4.78, 5) is 0. The standard InChI is InChI=1S/C9H11BS/c10-8-11-7-6-9-4-2-1-3-5-9/h1-5H,6-8H2. The Kier molecular flexibility index (Phi) is 4.21. The molecule has 11 heavy (non-hydrogen) atoms. The second kappa shape index (κ2) is 5.31. The first-order valence-electron chi connectivity index (χ1n) is 3.75. The fourth-order valence-electron chi connectivity index (χ4n) is 0.918. The fraction of sp³-hybridized carbons (Fsp3) is 0.333. The minimum Gasteiger partial charge on any atom is -0.171 e. The van der Waals surface area contributed by atoms with Crippen LogP contribution in [0.4, 0.5) is 0 Å². The Hall–Kier alpha value is -0.365. The highest BCUT2D eigenvalue weighted by Gasteiger charge is 1.89. The second-order valence-electron chi connectivity index (χ2n) is 2.31. The first kappa shape index (κ1) is 8.73. The quantitative estimate of drug-likeness (QED) is 0.482. The van der Waals surface area contributed by atoms with Crippen molar-refractivity contribution in [1.29, 1.82) is 0 Å². The van der Waals surface area contributed by atoms with Crippen molar-refractivity contribution < 1.29 is 0 Å². The van der Waals surface area contributed by atoms with Crippen molar-refractivity contribution in [3.63, 3.8) is 0 Å². The minimum atomic E-state index is 0.729. The molecule has 0 saturated heterocycles. The van der Waals surface area contributed by atoms with Gasteiger partial charge >= 0.3 is 0 Å². The monoisotopic (exact) mass is 162 g/mol. The van der Waals surface area contributed by atoms with Crippen LogP contribution >= 0.6 is 11.8 Å². The zero-order chi connectivity index (χ0) is 7.94. The zero-order valence-corrected chi connectivity index (χ0v) is 7.31. The highest BCUT2D eigenvalue weighted by atomic mass is 32.2. The van der Waals surface area contributed by atoms with E-state index in [9.17, 15) is 0 Å². The maximum absolute atomic E-state index is 5.36. The maximum Gasteiger partial charge on any atom is 0.0799 e. The molecule has 0 aliphatic rings. The number of thioether (sulfide) groups is 1. The van der Waals surface area contributed by atoms with Gasteiger partial charge in [-0.2, -0.15) is 11.8 Å². The summed E-state index contributed by atoms with van der Waals surface area (Å²) >= 11 is 1.78. The molecule has 0 amide bonds. The molecule has 2 heteroatoms. The Bertz CT molecular complexity index is 186. The van der Waals surface area contributed by atoms with Gasteiger partial charge in [0, 0.05) is 0 Å². The number of benzene rings is 1. The molecule has 0 nitrogen and oxygen atoms in total. The van der Waals surface area contributed by atoms with Crippen LogP contribution in [0.1, 0.15) is 5.56 Å². The van der Waals surface area contributed by atoms with E-state index in [1.165, 1.54) is 5.56 Å². The van der Waals surface area contributed by atoms with Crippen LogP contribution in [0.2, 0.25) is 0 Å². The van der Waals surface area contributed by atoms with Gasteiger partial charge in [0.1, 0.15) is 0 Å². The summed E-state index contributed by atoms with van der Waals surface area (Å²) in [5.41, 5.74) is 2.13. The van der Waals surface area contributed by atoms with E-state index in [4.69, 9.17) is 7.85 Å². The lowest BCUT2D eigenvalue weighted by atomic mass is 10.2. The Morgan fingerprint density at radius 1 is 1.18 bits per heavy atom. The van der Waals surface area contributed by atoms with Crippen LogP contribution in [0.25, 0.3) is 0 Å². The average molecular weight is 162 g/mol. The summed E-state index contributed by atoms with van der Waals surface area (Å²) in [6, 6.07) is 10.5. The number of hydrogen-bond acceptors (Lipinski definition) is 1. The summed E-state index contributed by atoms with van der Waals surface area (Å²) in [6.45, 7) is 0. The molecule has 0 N–H and O–H groups in total. The van der Waals surface area contributed by atoms with Crippen LogP contribution in [0.5, 0.6) is 0 Å². The average Bonchev–Trinajstić information content (AvgIpc) is 2.07. The Balaban J connectivity index is 2.28. The molecule has 56 valence electrons. The molecule has 0 heterocycles. The van der Waals surface area contributed by atoms with Crippen molar-refractivity contribution in [1.82, 2.24) is 0 Å². The topological polar surface area (TPSA) is 0 Å². The van der Waals surface area contributed by atoms with Gasteiger partial charge in [0.2, 0.25) is 0 Å². The molecular formula is C9H11BS. The van der Waals surface area contributed by atoms with Gasteiger partial charge in [-0.1, -0.05) is 30.3 Å². The third-order valence-electron chi connectivity index (χ3n) is 1.50. The molecule has 0 unspecified atom stereocenters. The molecule has 0 atom stereocenters. The number of aryl methyl sites for hydroxylation is 1. The van der Waals surface area contributed by atoms with E-state index in [0.717, 1.165) is 17.8 Å². The van der Waals surface area contributed by atoms with Gasteiger partial charge in [-0.15, -0.1) is 0 Å². The lowest BCUT2D eigenvalue weighted by Crippen LogP contribution is -1.88. The third kappa shape index (κ3) is 3.52. The predicted molar refractivity (Wildman–Crippen MR) is 53.2 cm³/mol.